The van der Waals surface area contributed by atoms with Gasteiger partial charge in [-0.2, -0.15) is 0 Å². The number of hydrogen-bond acceptors (Lipinski definition) is 7. The molecule has 1 saturated heterocycles. The number of hydrogen-bond donors (Lipinski definition) is 2. The minimum Gasteiger partial charge on any atom is -0.483 e. The number of H-pyrrole nitrogens is 1. The number of rotatable bonds is 6. The Balaban J connectivity index is 1.14. The van der Waals surface area contributed by atoms with Crippen LogP contribution in [0.2, 0.25) is 5.02 Å². The molecule has 2 bridgehead atoms. The second-order valence-electron chi connectivity index (χ2n) is 12.3. The molecule has 46 heavy (non-hydrogen) atoms. The van der Waals surface area contributed by atoms with Gasteiger partial charge in [0.2, 0.25) is 11.8 Å². The first-order valence-electron chi connectivity index (χ1n) is 15.0. The lowest BCUT2D eigenvalue weighted by atomic mass is 9.68. The molecule has 2 aliphatic carbocycles. The van der Waals surface area contributed by atoms with E-state index in [9.17, 15) is 19.2 Å². The number of aryl methyl sites for hydroxylation is 1. The van der Waals surface area contributed by atoms with Crippen molar-refractivity contribution in [3.63, 3.8) is 0 Å². The number of benzene rings is 3. The molecule has 2 N–H and O–H groups in total. The van der Waals surface area contributed by atoms with Gasteiger partial charge in [0.05, 0.1) is 22.5 Å². The molecule has 7 atom stereocenters. The third-order valence-electron chi connectivity index (χ3n) is 9.78. The van der Waals surface area contributed by atoms with Gasteiger partial charge in [-0.25, -0.2) is 0 Å². The van der Waals surface area contributed by atoms with E-state index >= 15 is 0 Å². The summed E-state index contributed by atoms with van der Waals surface area (Å²) in [6, 6.07) is 20.1. The summed E-state index contributed by atoms with van der Waals surface area (Å²) in [6.07, 6.45) is 0.766. The van der Waals surface area contributed by atoms with Gasteiger partial charge in [0, 0.05) is 36.8 Å². The van der Waals surface area contributed by atoms with Crippen LogP contribution in [0.3, 0.4) is 0 Å². The fraction of sp³-hybridized carbons (Fsp3) is 0.294. The smallest absolute Gasteiger partial charge is 0.305 e. The molecule has 12 heteroatoms. The van der Waals surface area contributed by atoms with Crippen molar-refractivity contribution in [2.75, 3.05) is 16.8 Å². The van der Waals surface area contributed by atoms with Crippen molar-refractivity contribution in [2.24, 2.45) is 29.6 Å². The van der Waals surface area contributed by atoms with Crippen molar-refractivity contribution in [2.45, 2.75) is 29.5 Å². The first-order valence-corrected chi connectivity index (χ1v) is 17.9. The summed E-state index contributed by atoms with van der Waals surface area (Å²) < 4.78 is 7.04. The molecule has 1 aromatic heterocycles. The number of nitrogens with one attached hydrogen (secondary N) is 2. The van der Waals surface area contributed by atoms with Crippen molar-refractivity contribution in [1.82, 2.24) is 4.98 Å². The van der Waals surface area contributed by atoms with E-state index in [0.29, 0.717) is 22.1 Å². The molecule has 3 amide bonds. The average Bonchev–Trinajstić information content (AvgIpc) is 3.76. The summed E-state index contributed by atoms with van der Waals surface area (Å²) >= 11 is 12.5. The van der Waals surface area contributed by atoms with Gasteiger partial charge in [0.15, 0.2) is 6.61 Å². The molecule has 3 fully saturated rings. The van der Waals surface area contributed by atoms with E-state index in [4.69, 9.17) is 16.3 Å². The number of anilines is 2. The molecule has 0 spiro atoms. The summed E-state index contributed by atoms with van der Waals surface area (Å²) in [5.74, 6) is -1.28. The first-order chi connectivity index (χ1) is 22.2. The Bertz CT molecular complexity index is 1980. The number of aromatic amines is 1. The van der Waals surface area contributed by atoms with Crippen molar-refractivity contribution < 1.29 is 19.1 Å². The van der Waals surface area contributed by atoms with Crippen molar-refractivity contribution >= 4 is 79.7 Å². The predicted octanol–water partition coefficient (Wildman–Crippen LogP) is 6.86. The van der Waals surface area contributed by atoms with E-state index in [1.165, 1.54) is 16.2 Å². The highest BCUT2D eigenvalue weighted by Crippen LogP contribution is 2.69. The Kier molecular flexibility index (Phi) is 7.43. The van der Waals surface area contributed by atoms with Gasteiger partial charge >= 0.3 is 4.87 Å². The van der Waals surface area contributed by atoms with Crippen LogP contribution in [0.5, 0.6) is 5.75 Å². The average molecular weight is 737 g/mol. The third-order valence-corrected chi connectivity index (χ3v) is 13.1. The quantitative estimate of drug-likeness (QED) is 0.210. The molecule has 4 aromatic rings. The highest BCUT2D eigenvalue weighted by Gasteiger charge is 2.69. The number of thioether (sulfide) groups is 1. The van der Waals surface area contributed by atoms with Gasteiger partial charge in [-0.05, 0) is 91.3 Å². The van der Waals surface area contributed by atoms with E-state index < -0.39 is 11.8 Å². The van der Waals surface area contributed by atoms with Gasteiger partial charge < -0.3 is 15.0 Å². The van der Waals surface area contributed by atoms with Gasteiger partial charge in [-0.1, -0.05) is 51.0 Å². The van der Waals surface area contributed by atoms with Crippen LogP contribution >= 0.6 is 50.6 Å². The Morgan fingerprint density at radius 1 is 1.04 bits per heavy atom. The van der Waals surface area contributed by atoms with Crippen LogP contribution < -0.4 is 19.8 Å². The molecule has 3 heterocycles. The Morgan fingerprint density at radius 3 is 2.57 bits per heavy atom. The van der Waals surface area contributed by atoms with Gasteiger partial charge in [0.1, 0.15) is 5.75 Å². The molecule has 8 rings (SSSR count). The van der Waals surface area contributed by atoms with Crippen LogP contribution in [0.25, 0.3) is 0 Å². The molecule has 6 unspecified atom stereocenters. The number of thiazole rings is 1. The topological polar surface area (TPSA) is 109 Å². The van der Waals surface area contributed by atoms with Crippen LogP contribution in [-0.4, -0.2) is 34.6 Å². The second-order valence-corrected chi connectivity index (χ2v) is 15.9. The number of ether oxygens (including phenoxy) is 1. The lowest BCUT2D eigenvalue weighted by Crippen LogP contribution is -2.42. The number of nitrogens with zero attached hydrogens (tertiary/aromatic N) is 1. The first kappa shape index (κ1) is 30.0. The predicted molar refractivity (Wildman–Crippen MR) is 182 cm³/mol. The number of imide groups is 1. The van der Waals surface area contributed by atoms with E-state index in [1.54, 1.807) is 36.0 Å². The Morgan fingerprint density at radius 2 is 1.80 bits per heavy atom. The molecule has 0 radical (unpaired) electrons. The standard InChI is InChI=1S/C34H27BrClN3O5S2/c1-15-3-2-4-18(11-15)37-24(40)14-44-23-10-5-16(35)12-20(23)25-26-21-13-22(29(26)45-31-30(25)46-34(43)38-31)28-27(21)32(41)39(33(28)42)19-8-6-17(36)7-9-19/h2-12,21-22,25-29H,13-14H2,1H3,(H,37,40)(H,38,43)/t21?,22?,25-,26?,27?,28?,29?/m1/s1. The maximum Gasteiger partial charge on any atom is 0.305 e. The molecule has 2 saturated carbocycles. The number of aromatic nitrogens is 1. The maximum atomic E-state index is 14.0. The fourth-order valence-corrected chi connectivity index (χ4v) is 11.6. The van der Waals surface area contributed by atoms with Gasteiger partial charge in [-0.3, -0.25) is 24.1 Å². The minimum atomic E-state index is -0.439. The number of fused-ring (bicyclic) bond motifs is 9. The largest absolute Gasteiger partial charge is 0.483 e. The van der Waals surface area contributed by atoms with E-state index in [2.05, 4.69) is 26.2 Å². The summed E-state index contributed by atoms with van der Waals surface area (Å²) in [5, 5.41) is 4.26. The Hall–Kier alpha value is -3.38. The zero-order valence-electron chi connectivity index (χ0n) is 24.4. The van der Waals surface area contributed by atoms with Crippen LogP contribution in [0, 0.1) is 36.5 Å². The maximum absolute atomic E-state index is 14.0. The van der Waals surface area contributed by atoms with Gasteiger partial charge in [0.25, 0.3) is 5.91 Å². The van der Waals surface area contributed by atoms with Crippen LogP contribution in [-0.2, 0) is 14.4 Å². The van der Waals surface area contributed by atoms with E-state index in [-0.39, 0.29) is 58.1 Å². The Labute approximate surface area is 286 Å². The number of carbonyl (C=O) groups excluding carboxylic acids is 3. The van der Waals surface area contributed by atoms with Crippen molar-refractivity contribution in [1.29, 1.82) is 0 Å². The molecule has 8 nitrogen and oxygen atoms in total. The van der Waals surface area contributed by atoms with Crippen molar-refractivity contribution in [3.05, 3.63) is 102 Å². The second kappa shape index (κ2) is 11.4. The lowest BCUT2D eigenvalue weighted by Gasteiger charge is -2.43. The van der Waals surface area contributed by atoms with E-state index in [0.717, 1.165) is 31.9 Å². The zero-order chi connectivity index (χ0) is 31.9. The summed E-state index contributed by atoms with van der Waals surface area (Å²) in [4.78, 5) is 58.7. The van der Waals surface area contributed by atoms with Crippen molar-refractivity contribution in [3.8, 4) is 5.75 Å². The molecular formula is C34H27BrClN3O5S2. The number of carbonyl (C=O) groups is 3. The van der Waals surface area contributed by atoms with Crippen LogP contribution in [0.4, 0.5) is 11.4 Å². The summed E-state index contributed by atoms with van der Waals surface area (Å²) in [6.45, 7) is 1.76. The molecule has 4 aliphatic rings. The van der Waals surface area contributed by atoms with Crippen LogP contribution in [0.1, 0.15) is 28.3 Å². The lowest BCUT2D eigenvalue weighted by molar-refractivity contribution is -0.123. The third kappa shape index (κ3) is 4.85. The SMILES string of the molecule is Cc1cccc(NC(=O)COc2ccc(Br)cc2[C@H]2c3sc(=O)[nH]c3SC3C4CC(C5C(=O)N(c6ccc(Cl)cc6)C(=O)C45)C32)c1. The van der Waals surface area contributed by atoms with Gasteiger partial charge in [-0.15, -0.1) is 11.8 Å². The number of amides is 3. The monoisotopic (exact) mass is 735 g/mol. The molecule has 234 valence electrons. The highest BCUT2D eigenvalue weighted by atomic mass is 79.9. The number of halogens is 2. The molecular weight excluding hydrogens is 710 g/mol. The molecule has 2 aliphatic heterocycles. The molecule has 3 aromatic carbocycles. The summed E-state index contributed by atoms with van der Waals surface area (Å²) in [5.41, 5.74) is 3.11. The normalized spacial score (nSPS) is 27.4. The van der Waals surface area contributed by atoms with Crippen LogP contribution in [0.15, 0.2) is 81.0 Å². The minimum absolute atomic E-state index is 0.0186. The van der Waals surface area contributed by atoms with E-state index in [1.807, 2.05) is 49.4 Å². The highest BCUT2D eigenvalue weighted by molar-refractivity contribution is 9.10. The zero-order valence-corrected chi connectivity index (χ0v) is 28.3. The summed E-state index contributed by atoms with van der Waals surface area (Å²) in [7, 11) is 0. The fourth-order valence-electron chi connectivity index (χ4n) is 8.17.